The van der Waals surface area contributed by atoms with Gasteiger partial charge in [-0.25, -0.2) is 9.18 Å². The van der Waals surface area contributed by atoms with Crippen LogP contribution in [0.1, 0.15) is 5.56 Å². The van der Waals surface area contributed by atoms with Crippen molar-refractivity contribution >= 4 is 12.0 Å². The Balaban J connectivity index is 2.44. The lowest BCUT2D eigenvalue weighted by Gasteiger charge is -2.09. The third-order valence-corrected chi connectivity index (χ3v) is 2.13. The summed E-state index contributed by atoms with van der Waals surface area (Å²) in [5.74, 6) is -2.08. The minimum Gasteiger partial charge on any atom is -0.488 e. The molecule has 0 saturated carbocycles. The lowest BCUT2D eigenvalue weighted by Crippen LogP contribution is -2.19. The van der Waals surface area contributed by atoms with Gasteiger partial charge in [-0.2, -0.15) is 13.2 Å². The summed E-state index contributed by atoms with van der Waals surface area (Å²) in [5, 5.41) is 8.42. The van der Waals surface area contributed by atoms with Gasteiger partial charge in [0.15, 0.2) is 11.6 Å². The first kappa shape index (κ1) is 17.0. The van der Waals surface area contributed by atoms with Crippen LogP contribution in [-0.2, 0) is 9.53 Å². The van der Waals surface area contributed by atoms with Crippen LogP contribution in [0.15, 0.2) is 24.3 Å². The molecule has 0 bridgehead atoms. The summed E-state index contributed by atoms with van der Waals surface area (Å²) in [6.07, 6.45) is -2.37. The molecule has 0 aliphatic rings. The molecule has 4 nitrogen and oxygen atoms in total. The fourth-order valence-electron chi connectivity index (χ4n) is 1.30. The zero-order chi connectivity index (χ0) is 15.9. The molecule has 0 aliphatic heterocycles. The Hall–Kier alpha value is -2.09. The summed E-state index contributed by atoms with van der Waals surface area (Å²) in [7, 11) is 0. The van der Waals surface area contributed by atoms with Gasteiger partial charge in [0.2, 0.25) is 0 Å². The quantitative estimate of drug-likeness (QED) is 0.478. The number of hydrogen-bond acceptors (Lipinski definition) is 3. The van der Waals surface area contributed by atoms with Crippen LogP contribution in [0.25, 0.3) is 6.08 Å². The monoisotopic (exact) mass is 308 g/mol. The van der Waals surface area contributed by atoms with Crippen molar-refractivity contribution in [3.05, 3.63) is 35.7 Å². The number of carboxylic acid groups (broad SMARTS) is 1. The number of rotatable bonds is 7. The van der Waals surface area contributed by atoms with Crippen molar-refractivity contribution in [2.75, 3.05) is 19.8 Å². The fraction of sp³-hybridized carbons (Fsp3) is 0.308. The van der Waals surface area contributed by atoms with E-state index in [-0.39, 0.29) is 19.0 Å². The van der Waals surface area contributed by atoms with Crippen molar-refractivity contribution in [1.29, 1.82) is 0 Å². The zero-order valence-corrected chi connectivity index (χ0v) is 10.7. The number of alkyl halides is 3. The van der Waals surface area contributed by atoms with E-state index in [1.54, 1.807) is 0 Å². The summed E-state index contributed by atoms with van der Waals surface area (Å²) in [6, 6.07) is 3.71. The van der Waals surface area contributed by atoms with Gasteiger partial charge in [-0.3, -0.25) is 0 Å². The van der Waals surface area contributed by atoms with Gasteiger partial charge in [-0.05, 0) is 23.8 Å². The van der Waals surface area contributed by atoms with E-state index < -0.39 is 24.6 Å². The second-order valence-corrected chi connectivity index (χ2v) is 3.88. The first-order valence-electron chi connectivity index (χ1n) is 5.76. The SMILES string of the molecule is O=C(O)/C=C/c1ccc(OCCOCC(F)(F)F)c(F)c1. The highest BCUT2D eigenvalue weighted by molar-refractivity contribution is 5.85. The number of benzene rings is 1. The van der Waals surface area contributed by atoms with Crippen LogP contribution in [0.2, 0.25) is 0 Å². The molecule has 1 aromatic rings. The van der Waals surface area contributed by atoms with Crippen molar-refractivity contribution in [3.8, 4) is 5.75 Å². The summed E-state index contributed by atoms with van der Waals surface area (Å²) >= 11 is 0. The zero-order valence-electron chi connectivity index (χ0n) is 10.7. The van der Waals surface area contributed by atoms with Crippen molar-refractivity contribution < 1.29 is 36.9 Å². The standard InChI is InChI=1S/C13H12F4O4/c14-10-7-9(2-4-12(18)19)1-3-11(10)21-6-5-20-8-13(15,16)17/h1-4,7H,5-6,8H2,(H,18,19)/b4-2+. The first-order chi connectivity index (χ1) is 9.78. The minimum absolute atomic E-state index is 0.155. The number of carbonyl (C=O) groups is 1. The molecule has 21 heavy (non-hydrogen) atoms. The van der Waals surface area contributed by atoms with Crippen LogP contribution in [0.3, 0.4) is 0 Å². The van der Waals surface area contributed by atoms with Gasteiger partial charge in [-0.15, -0.1) is 0 Å². The molecule has 0 heterocycles. The van der Waals surface area contributed by atoms with Crippen LogP contribution in [0.4, 0.5) is 17.6 Å². The van der Waals surface area contributed by atoms with Crippen LogP contribution in [0.5, 0.6) is 5.75 Å². The molecule has 8 heteroatoms. The van der Waals surface area contributed by atoms with Gasteiger partial charge >= 0.3 is 12.1 Å². The molecule has 1 N–H and O–H groups in total. The molecule has 0 spiro atoms. The van der Waals surface area contributed by atoms with Crippen molar-refractivity contribution in [2.45, 2.75) is 6.18 Å². The average molecular weight is 308 g/mol. The van der Waals surface area contributed by atoms with E-state index in [1.165, 1.54) is 18.2 Å². The lowest BCUT2D eigenvalue weighted by atomic mass is 10.2. The molecule has 0 aromatic heterocycles. The number of carboxylic acids is 1. The van der Waals surface area contributed by atoms with Crippen molar-refractivity contribution in [3.63, 3.8) is 0 Å². The second kappa shape index (κ2) is 7.63. The number of ether oxygens (including phenoxy) is 2. The summed E-state index contributed by atoms with van der Waals surface area (Å²) in [6.45, 7) is -1.96. The molecule has 0 aliphatic carbocycles. The molecule has 0 unspecified atom stereocenters. The Morgan fingerprint density at radius 2 is 2.00 bits per heavy atom. The van der Waals surface area contributed by atoms with Gasteiger partial charge in [-0.1, -0.05) is 6.07 Å². The minimum atomic E-state index is -4.41. The Morgan fingerprint density at radius 1 is 1.29 bits per heavy atom. The third-order valence-electron chi connectivity index (χ3n) is 2.13. The van der Waals surface area contributed by atoms with E-state index >= 15 is 0 Å². The Labute approximate surface area is 117 Å². The van der Waals surface area contributed by atoms with Crippen molar-refractivity contribution in [1.82, 2.24) is 0 Å². The van der Waals surface area contributed by atoms with Gasteiger partial charge in [0.1, 0.15) is 13.2 Å². The average Bonchev–Trinajstić information content (AvgIpc) is 2.36. The fourth-order valence-corrected chi connectivity index (χ4v) is 1.30. The predicted molar refractivity (Wildman–Crippen MR) is 65.4 cm³/mol. The van der Waals surface area contributed by atoms with Gasteiger partial charge in [0.25, 0.3) is 0 Å². The van der Waals surface area contributed by atoms with Gasteiger partial charge < -0.3 is 14.6 Å². The molecule has 116 valence electrons. The van der Waals surface area contributed by atoms with Crippen LogP contribution >= 0.6 is 0 Å². The second-order valence-electron chi connectivity index (χ2n) is 3.88. The maximum atomic E-state index is 13.5. The molecule has 0 fully saturated rings. The lowest BCUT2D eigenvalue weighted by molar-refractivity contribution is -0.175. The smallest absolute Gasteiger partial charge is 0.411 e. The summed E-state index contributed by atoms with van der Waals surface area (Å²) in [4.78, 5) is 10.3. The van der Waals surface area contributed by atoms with E-state index in [1.807, 2.05) is 0 Å². The molecular formula is C13H12F4O4. The Morgan fingerprint density at radius 3 is 2.57 bits per heavy atom. The van der Waals surface area contributed by atoms with E-state index in [4.69, 9.17) is 9.84 Å². The highest BCUT2D eigenvalue weighted by Gasteiger charge is 2.27. The molecule has 0 saturated heterocycles. The van der Waals surface area contributed by atoms with Crippen LogP contribution < -0.4 is 4.74 Å². The van der Waals surface area contributed by atoms with Crippen LogP contribution in [0, 0.1) is 5.82 Å². The molecule has 1 aromatic carbocycles. The molecule has 0 amide bonds. The molecule has 0 radical (unpaired) electrons. The first-order valence-corrected chi connectivity index (χ1v) is 5.76. The number of aliphatic carboxylic acids is 1. The molecule has 1 rings (SSSR count). The van der Waals surface area contributed by atoms with E-state index in [0.717, 1.165) is 12.1 Å². The van der Waals surface area contributed by atoms with Gasteiger partial charge in [0.05, 0.1) is 6.61 Å². The highest BCUT2D eigenvalue weighted by atomic mass is 19.4. The number of halogens is 4. The Bertz CT molecular complexity index is 511. The van der Waals surface area contributed by atoms with E-state index in [0.29, 0.717) is 5.56 Å². The van der Waals surface area contributed by atoms with E-state index in [9.17, 15) is 22.4 Å². The predicted octanol–water partition coefficient (Wildman–Crippen LogP) is 2.88. The third kappa shape index (κ3) is 7.31. The maximum Gasteiger partial charge on any atom is 0.411 e. The maximum absolute atomic E-state index is 13.5. The summed E-state index contributed by atoms with van der Waals surface area (Å²) < 4.78 is 58.1. The largest absolute Gasteiger partial charge is 0.488 e. The number of hydrogen-bond donors (Lipinski definition) is 1. The van der Waals surface area contributed by atoms with Gasteiger partial charge in [0, 0.05) is 6.08 Å². The van der Waals surface area contributed by atoms with Crippen LogP contribution in [-0.4, -0.2) is 37.1 Å². The molecule has 0 atom stereocenters. The summed E-state index contributed by atoms with van der Waals surface area (Å²) in [5.41, 5.74) is 0.315. The normalized spacial score (nSPS) is 11.8. The molecular weight excluding hydrogens is 296 g/mol. The highest BCUT2D eigenvalue weighted by Crippen LogP contribution is 2.19. The topological polar surface area (TPSA) is 55.8 Å². The Kier molecular flexibility index (Phi) is 6.16. The van der Waals surface area contributed by atoms with E-state index in [2.05, 4.69) is 4.74 Å². The van der Waals surface area contributed by atoms with Crippen molar-refractivity contribution in [2.24, 2.45) is 0 Å².